The number of rotatable bonds is 2. The summed E-state index contributed by atoms with van der Waals surface area (Å²) in [6, 6.07) is 0. The molecular weight excluding hydrogens is 181 g/mol. The zero-order valence-corrected chi connectivity index (χ0v) is 6.58. The summed E-state index contributed by atoms with van der Waals surface area (Å²) in [5.41, 5.74) is 0. The molecule has 6 heteroatoms. The van der Waals surface area contributed by atoms with Crippen LogP contribution in [0.2, 0.25) is 0 Å². The number of thiocarbonyl (C=S) groups is 1. The van der Waals surface area contributed by atoms with E-state index in [1.54, 1.807) is 7.05 Å². The number of likely N-dealkylation sites (N-methyl/N-ethyl adjacent to an activating group) is 1. The Hall–Kier alpha value is 0.710. The van der Waals surface area contributed by atoms with Gasteiger partial charge < -0.3 is 10.0 Å². The number of hydrogen-bond donors (Lipinski definition) is 2. The zero-order chi connectivity index (χ0) is 7.44. The second kappa shape index (κ2) is 6.42. The van der Waals surface area contributed by atoms with Crippen molar-refractivity contribution >= 4 is 64.7 Å². The van der Waals surface area contributed by atoms with Crippen LogP contribution < -0.4 is 0 Å². The Morgan fingerprint density at radius 1 is 1.80 bits per heavy atom. The predicted octanol–water partition coefficient (Wildman–Crippen LogP) is -0.431. The molecule has 0 amide bonds. The maximum atomic E-state index is 9.98. The van der Waals surface area contributed by atoms with Gasteiger partial charge in [-0.05, 0) is 0 Å². The molecule has 0 aliphatic rings. The Morgan fingerprint density at radius 2 is 2.20 bits per heavy atom. The van der Waals surface area contributed by atoms with E-state index < -0.39 is 5.97 Å². The summed E-state index contributed by atoms with van der Waals surface area (Å²) in [7, 11) is 1.57. The first-order chi connectivity index (χ1) is 4.04. The monoisotopic (exact) mass is 189 g/mol. The van der Waals surface area contributed by atoms with Crippen molar-refractivity contribution in [3.05, 3.63) is 0 Å². The molecule has 0 heterocycles. The van der Waals surface area contributed by atoms with Crippen molar-refractivity contribution < 1.29 is 9.90 Å². The second-order valence-corrected chi connectivity index (χ2v) is 2.65. The van der Waals surface area contributed by atoms with E-state index >= 15 is 0 Å². The Morgan fingerprint density at radius 3 is 2.30 bits per heavy atom. The molecule has 0 aromatic rings. The van der Waals surface area contributed by atoms with Crippen LogP contribution in [0.15, 0.2) is 0 Å². The van der Waals surface area contributed by atoms with Crippen LogP contribution in [0.25, 0.3) is 0 Å². The van der Waals surface area contributed by atoms with Crippen LogP contribution in [0.5, 0.6) is 0 Å². The Kier molecular flexibility index (Phi) is 8.55. The maximum absolute atomic E-state index is 9.98. The van der Waals surface area contributed by atoms with Gasteiger partial charge in [0, 0.05) is 7.05 Å². The topological polar surface area (TPSA) is 40.5 Å². The van der Waals surface area contributed by atoms with Gasteiger partial charge in [0.15, 0.2) is 0 Å². The molecule has 0 aliphatic carbocycles. The third kappa shape index (κ3) is 6.82. The summed E-state index contributed by atoms with van der Waals surface area (Å²) >= 11 is 8.33. The quantitative estimate of drug-likeness (QED) is 0.351. The molecule has 0 aliphatic heterocycles. The molecule has 1 N–H and O–H groups in total. The van der Waals surface area contributed by atoms with Crippen LogP contribution in [-0.2, 0) is 4.79 Å². The van der Waals surface area contributed by atoms with E-state index in [1.807, 2.05) is 0 Å². The summed E-state index contributed by atoms with van der Waals surface area (Å²) in [5, 5.41) is 8.20. The molecule has 0 rings (SSSR count). The number of carbonyl (C=O) groups is 1. The van der Waals surface area contributed by atoms with Crippen molar-refractivity contribution in [3.63, 3.8) is 0 Å². The number of carboxylic acids is 1. The van der Waals surface area contributed by atoms with Gasteiger partial charge in [-0.2, -0.15) is 0 Å². The van der Waals surface area contributed by atoms with E-state index in [-0.39, 0.29) is 40.4 Å². The number of hydrogen-bond acceptors (Lipinski definition) is 2. The third-order valence-electron chi connectivity index (χ3n) is 0.699. The van der Waals surface area contributed by atoms with Crippen LogP contribution in [0.1, 0.15) is 0 Å². The van der Waals surface area contributed by atoms with E-state index in [1.165, 1.54) is 4.90 Å². The van der Waals surface area contributed by atoms with Crippen LogP contribution in [0.4, 0.5) is 0 Å². The van der Waals surface area contributed by atoms with Crippen molar-refractivity contribution in [1.29, 1.82) is 0 Å². The number of carboxylic acid groups (broad SMARTS) is 1. The van der Waals surface area contributed by atoms with Gasteiger partial charge in [-0.25, -0.2) is 0 Å². The molecule has 0 radical (unpaired) electrons. The normalized spacial score (nSPS) is 7.80. The van der Waals surface area contributed by atoms with Crippen LogP contribution >= 0.6 is 24.8 Å². The molecule has 0 aromatic carbocycles. The van der Waals surface area contributed by atoms with Gasteiger partial charge in [0.25, 0.3) is 0 Å². The van der Waals surface area contributed by atoms with E-state index in [4.69, 9.17) is 5.11 Å². The molecule has 0 atom stereocenters. The number of nitrogens with zero attached hydrogens (tertiary/aromatic N) is 1. The molecule has 0 unspecified atom stereocenters. The Labute approximate surface area is 92.5 Å². The van der Waals surface area contributed by atoms with Gasteiger partial charge in [0.05, 0.1) is 0 Å². The minimum absolute atomic E-state index is 0. The summed E-state index contributed by atoms with van der Waals surface area (Å²) < 4.78 is 0.289. The first-order valence-electron chi connectivity index (χ1n) is 2.20. The number of thiol groups is 1. The SMILES string of the molecule is CN(CC(=O)O)C(=S)S.[NaH]. The molecule has 54 valence electrons. The zero-order valence-electron chi connectivity index (χ0n) is 4.87. The van der Waals surface area contributed by atoms with Gasteiger partial charge in [0.1, 0.15) is 10.9 Å². The van der Waals surface area contributed by atoms with Gasteiger partial charge in [-0.3, -0.25) is 4.79 Å². The molecule has 0 bridgehead atoms. The summed E-state index contributed by atoms with van der Waals surface area (Å²) in [6.07, 6.45) is 0. The molecule has 0 fully saturated rings. The summed E-state index contributed by atoms with van der Waals surface area (Å²) in [5.74, 6) is -0.908. The Bertz CT molecular complexity index is 141. The average Bonchev–Trinajstić information content (AvgIpc) is 1.63. The van der Waals surface area contributed by atoms with Gasteiger partial charge in [-0.15, -0.1) is 12.6 Å². The Balaban J connectivity index is 0. The molecule has 0 saturated carbocycles. The minimum atomic E-state index is -0.908. The predicted molar refractivity (Wildman–Crippen MR) is 49.0 cm³/mol. The van der Waals surface area contributed by atoms with E-state index in [2.05, 4.69) is 24.8 Å². The van der Waals surface area contributed by atoms with Crippen LogP contribution in [-0.4, -0.2) is 63.4 Å². The molecular formula is C4H8NNaO2S2. The fourth-order valence-electron chi connectivity index (χ4n) is 0.271. The molecule has 3 nitrogen and oxygen atoms in total. The van der Waals surface area contributed by atoms with E-state index in [0.717, 1.165) is 0 Å². The van der Waals surface area contributed by atoms with Gasteiger partial charge in [-0.1, -0.05) is 12.2 Å². The van der Waals surface area contributed by atoms with E-state index in [9.17, 15) is 4.79 Å². The molecule has 0 aromatic heterocycles. The van der Waals surface area contributed by atoms with Gasteiger partial charge >= 0.3 is 35.5 Å². The van der Waals surface area contributed by atoms with Crippen LogP contribution in [0, 0.1) is 0 Å². The second-order valence-electron chi connectivity index (χ2n) is 1.53. The molecule has 10 heavy (non-hydrogen) atoms. The van der Waals surface area contributed by atoms with E-state index in [0.29, 0.717) is 0 Å². The summed E-state index contributed by atoms with van der Waals surface area (Å²) in [6.45, 7) is -0.0949. The first-order valence-corrected chi connectivity index (χ1v) is 3.05. The van der Waals surface area contributed by atoms with Crippen molar-refractivity contribution in [2.75, 3.05) is 13.6 Å². The van der Waals surface area contributed by atoms with Gasteiger partial charge in [0.2, 0.25) is 0 Å². The average molecular weight is 189 g/mol. The third-order valence-corrected chi connectivity index (χ3v) is 1.35. The fourth-order valence-corrected chi connectivity index (χ4v) is 0.406. The van der Waals surface area contributed by atoms with Crippen molar-refractivity contribution in [3.8, 4) is 0 Å². The van der Waals surface area contributed by atoms with Crippen LogP contribution in [0.3, 0.4) is 0 Å². The standard InChI is InChI=1S/C4H7NO2S2.Na.H/c1-5(4(8)9)2-3(6)7;;/h2H2,1H3,(H,6,7)(H,8,9);;. The van der Waals surface area contributed by atoms with Crippen molar-refractivity contribution in [2.24, 2.45) is 0 Å². The number of aliphatic carboxylic acids is 1. The van der Waals surface area contributed by atoms with Crippen molar-refractivity contribution in [1.82, 2.24) is 4.90 Å². The fraction of sp³-hybridized carbons (Fsp3) is 0.500. The van der Waals surface area contributed by atoms with Crippen molar-refractivity contribution in [2.45, 2.75) is 0 Å². The molecule has 0 spiro atoms. The summed E-state index contributed by atoms with van der Waals surface area (Å²) in [4.78, 5) is 11.3. The first kappa shape index (κ1) is 13.3. The molecule has 0 saturated heterocycles.